The maximum absolute atomic E-state index is 8.95. The molecular formula is C14H18N2O. The summed E-state index contributed by atoms with van der Waals surface area (Å²) >= 11 is 0. The molecule has 0 spiro atoms. The zero-order chi connectivity index (χ0) is 12.4. The van der Waals surface area contributed by atoms with Gasteiger partial charge in [0.2, 0.25) is 0 Å². The van der Waals surface area contributed by atoms with E-state index in [4.69, 9.17) is 5.11 Å². The normalized spacial score (nSPS) is 10.8. The molecule has 90 valence electrons. The van der Waals surface area contributed by atoms with Crippen molar-refractivity contribution in [2.75, 3.05) is 6.61 Å². The number of aromatic nitrogens is 2. The smallest absolute Gasteiger partial charge is 0.111 e. The lowest BCUT2D eigenvalue weighted by Gasteiger charge is -2.07. The first kappa shape index (κ1) is 11.9. The SMILES string of the molecule is Cc1ccc(-c2cnc(CCO)n2C)cc1C. The highest BCUT2D eigenvalue weighted by Gasteiger charge is 2.08. The molecule has 1 aromatic heterocycles. The zero-order valence-corrected chi connectivity index (χ0v) is 10.6. The third-order valence-corrected chi connectivity index (χ3v) is 3.22. The van der Waals surface area contributed by atoms with Crippen LogP contribution in [0.25, 0.3) is 11.3 Å². The molecule has 1 aromatic carbocycles. The van der Waals surface area contributed by atoms with E-state index in [0.717, 1.165) is 11.5 Å². The second kappa shape index (κ2) is 4.72. The molecule has 1 N–H and O–H groups in total. The monoisotopic (exact) mass is 230 g/mol. The quantitative estimate of drug-likeness (QED) is 0.878. The lowest BCUT2D eigenvalue weighted by Crippen LogP contribution is -2.02. The fourth-order valence-corrected chi connectivity index (χ4v) is 1.95. The molecule has 0 saturated heterocycles. The van der Waals surface area contributed by atoms with Crippen molar-refractivity contribution in [3.63, 3.8) is 0 Å². The van der Waals surface area contributed by atoms with Crippen molar-refractivity contribution in [2.45, 2.75) is 20.3 Å². The zero-order valence-electron chi connectivity index (χ0n) is 10.6. The number of aryl methyl sites for hydroxylation is 2. The van der Waals surface area contributed by atoms with Crippen LogP contribution in [-0.2, 0) is 13.5 Å². The number of rotatable bonds is 3. The molecule has 3 nitrogen and oxygen atoms in total. The van der Waals surface area contributed by atoms with Crippen LogP contribution in [-0.4, -0.2) is 21.3 Å². The third-order valence-electron chi connectivity index (χ3n) is 3.22. The van der Waals surface area contributed by atoms with Gasteiger partial charge in [0, 0.05) is 19.0 Å². The molecule has 0 aliphatic rings. The van der Waals surface area contributed by atoms with Gasteiger partial charge in [-0.15, -0.1) is 0 Å². The molecule has 0 aliphatic heterocycles. The first-order valence-corrected chi connectivity index (χ1v) is 5.82. The van der Waals surface area contributed by atoms with Gasteiger partial charge >= 0.3 is 0 Å². The van der Waals surface area contributed by atoms with Gasteiger partial charge in [-0.05, 0) is 31.0 Å². The third kappa shape index (κ3) is 2.24. The fraction of sp³-hybridized carbons (Fsp3) is 0.357. The number of benzene rings is 1. The van der Waals surface area contributed by atoms with E-state index in [1.54, 1.807) is 0 Å². The maximum Gasteiger partial charge on any atom is 0.111 e. The van der Waals surface area contributed by atoms with Crippen molar-refractivity contribution in [1.29, 1.82) is 0 Å². The Balaban J connectivity index is 2.42. The molecule has 2 rings (SSSR count). The molecule has 0 bridgehead atoms. The van der Waals surface area contributed by atoms with Crippen LogP contribution in [0, 0.1) is 13.8 Å². The van der Waals surface area contributed by atoms with Crippen molar-refractivity contribution in [3.05, 3.63) is 41.3 Å². The molecule has 0 amide bonds. The van der Waals surface area contributed by atoms with Crippen molar-refractivity contribution in [1.82, 2.24) is 9.55 Å². The predicted molar refractivity (Wildman–Crippen MR) is 68.9 cm³/mol. The molecule has 17 heavy (non-hydrogen) atoms. The summed E-state index contributed by atoms with van der Waals surface area (Å²) in [5.41, 5.74) is 4.85. The van der Waals surface area contributed by atoms with Crippen LogP contribution in [0.2, 0.25) is 0 Å². The predicted octanol–water partition coefficient (Wildman–Crippen LogP) is 2.24. The van der Waals surface area contributed by atoms with Gasteiger partial charge in [-0.1, -0.05) is 12.1 Å². The summed E-state index contributed by atoms with van der Waals surface area (Å²) in [6.45, 7) is 4.36. The number of aliphatic hydroxyl groups is 1. The van der Waals surface area contributed by atoms with Crippen LogP contribution in [0.3, 0.4) is 0 Å². The van der Waals surface area contributed by atoms with Gasteiger partial charge < -0.3 is 9.67 Å². The minimum absolute atomic E-state index is 0.136. The number of imidazole rings is 1. The highest BCUT2D eigenvalue weighted by atomic mass is 16.3. The summed E-state index contributed by atoms with van der Waals surface area (Å²) in [6.07, 6.45) is 2.47. The summed E-state index contributed by atoms with van der Waals surface area (Å²) in [5.74, 6) is 0.917. The molecule has 0 radical (unpaired) electrons. The van der Waals surface area contributed by atoms with Gasteiger partial charge in [-0.3, -0.25) is 0 Å². The van der Waals surface area contributed by atoms with Crippen LogP contribution in [0.4, 0.5) is 0 Å². The highest BCUT2D eigenvalue weighted by molar-refractivity contribution is 5.61. The van der Waals surface area contributed by atoms with E-state index in [-0.39, 0.29) is 6.61 Å². The average molecular weight is 230 g/mol. The van der Waals surface area contributed by atoms with Crippen molar-refractivity contribution in [2.24, 2.45) is 7.05 Å². The standard InChI is InChI=1S/C14H18N2O/c1-10-4-5-12(8-11(10)2)13-9-15-14(6-7-17)16(13)3/h4-5,8-9,17H,6-7H2,1-3H3. The molecular weight excluding hydrogens is 212 g/mol. The Morgan fingerprint density at radius 2 is 2.00 bits per heavy atom. The summed E-state index contributed by atoms with van der Waals surface area (Å²) in [7, 11) is 1.99. The Labute approximate surface area is 102 Å². The maximum atomic E-state index is 8.95. The van der Waals surface area contributed by atoms with Gasteiger partial charge in [0.05, 0.1) is 18.5 Å². The Morgan fingerprint density at radius 3 is 2.65 bits per heavy atom. The molecule has 1 heterocycles. The molecule has 3 heteroatoms. The first-order chi connectivity index (χ1) is 8.13. The summed E-state index contributed by atoms with van der Waals surface area (Å²) < 4.78 is 2.04. The van der Waals surface area contributed by atoms with Gasteiger partial charge in [0.1, 0.15) is 5.82 Å². The molecule has 0 saturated carbocycles. The van der Waals surface area contributed by atoms with Crippen LogP contribution < -0.4 is 0 Å². The topological polar surface area (TPSA) is 38.1 Å². The van der Waals surface area contributed by atoms with Gasteiger partial charge in [0.15, 0.2) is 0 Å². The van der Waals surface area contributed by atoms with Gasteiger partial charge in [-0.25, -0.2) is 4.98 Å². The number of nitrogens with zero attached hydrogens (tertiary/aromatic N) is 2. The lowest BCUT2D eigenvalue weighted by atomic mass is 10.0. The van der Waals surface area contributed by atoms with E-state index in [9.17, 15) is 0 Å². The van der Waals surface area contributed by atoms with E-state index in [2.05, 4.69) is 37.0 Å². The largest absolute Gasteiger partial charge is 0.396 e. The van der Waals surface area contributed by atoms with E-state index in [1.807, 2.05) is 17.8 Å². The van der Waals surface area contributed by atoms with E-state index >= 15 is 0 Å². The molecule has 2 aromatic rings. The van der Waals surface area contributed by atoms with Crippen LogP contribution in [0.15, 0.2) is 24.4 Å². The summed E-state index contributed by atoms with van der Waals surface area (Å²) in [4.78, 5) is 4.34. The molecule has 0 fully saturated rings. The average Bonchev–Trinajstić information content (AvgIpc) is 2.66. The molecule has 0 aliphatic carbocycles. The van der Waals surface area contributed by atoms with Crippen molar-refractivity contribution in [3.8, 4) is 11.3 Å². The number of aliphatic hydroxyl groups excluding tert-OH is 1. The number of hydrogen-bond donors (Lipinski definition) is 1. The van der Waals surface area contributed by atoms with Crippen LogP contribution >= 0.6 is 0 Å². The second-order valence-corrected chi connectivity index (χ2v) is 4.39. The highest BCUT2D eigenvalue weighted by Crippen LogP contribution is 2.22. The number of hydrogen-bond acceptors (Lipinski definition) is 2. The summed E-state index contributed by atoms with van der Waals surface area (Å²) in [6, 6.07) is 6.42. The van der Waals surface area contributed by atoms with E-state index < -0.39 is 0 Å². The lowest BCUT2D eigenvalue weighted by molar-refractivity contribution is 0.295. The Kier molecular flexibility index (Phi) is 3.29. The fourth-order valence-electron chi connectivity index (χ4n) is 1.95. The van der Waals surface area contributed by atoms with E-state index in [0.29, 0.717) is 6.42 Å². The van der Waals surface area contributed by atoms with Crippen molar-refractivity contribution >= 4 is 0 Å². The minimum Gasteiger partial charge on any atom is -0.396 e. The van der Waals surface area contributed by atoms with Gasteiger partial charge in [-0.2, -0.15) is 0 Å². The Bertz CT molecular complexity index is 529. The Morgan fingerprint density at radius 1 is 1.24 bits per heavy atom. The van der Waals surface area contributed by atoms with Crippen molar-refractivity contribution < 1.29 is 5.11 Å². The van der Waals surface area contributed by atoms with Crippen LogP contribution in [0.1, 0.15) is 17.0 Å². The first-order valence-electron chi connectivity index (χ1n) is 5.82. The second-order valence-electron chi connectivity index (χ2n) is 4.39. The van der Waals surface area contributed by atoms with Crippen LogP contribution in [0.5, 0.6) is 0 Å². The minimum atomic E-state index is 0.136. The summed E-state index contributed by atoms with van der Waals surface area (Å²) in [5, 5.41) is 8.95. The molecule has 0 unspecified atom stereocenters. The van der Waals surface area contributed by atoms with Gasteiger partial charge in [0.25, 0.3) is 0 Å². The molecule has 0 atom stereocenters. The van der Waals surface area contributed by atoms with E-state index in [1.165, 1.54) is 16.7 Å². The Hall–Kier alpha value is -1.61.